The van der Waals surface area contributed by atoms with Crippen molar-refractivity contribution in [1.82, 2.24) is 20.2 Å². The molecule has 66 valence electrons. The van der Waals surface area contributed by atoms with E-state index in [1.54, 1.807) is 0 Å². The second-order valence-corrected chi connectivity index (χ2v) is 1.89. The van der Waals surface area contributed by atoms with Crippen LogP contribution in [-0.4, -0.2) is 33.0 Å². The molecule has 0 fully saturated rings. The summed E-state index contributed by atoms with van der Waals surface area (Å²) in [5, 5.41) is 12.5. The van der Waals surface area contributed by atoms with E-state index in [0.29, 0.717) is 6.61 Å². The Balaban J connectivity index is 2.43. The van der Waals surface area contributed by atoms with Crippen molar-refractivity contribution in [3.8, 4) is 0 Å². The molecular weight excluding hydrogens is 162 g/mol. The second kappa shape index (κ2) is 4.27. The van der Waals surface area contributed by atoms with Gasteiger partial charge in [0.15, 0.2) is 0 Å². The quantitative estimate of drug-likeness (QED) is 0.464. The van der Waals surface area contributed by atoms with Gasteiger partial charge in [-0.2, -0.15) is 4.68 Å². The molecule has 0 amide bonds. The van der Waals surface area contributed by atoms with E-state index in [0.717, 1.165) is 4.68 Å². The number of nitrogens with one attached hydrogen (secondary N) is 1. The van der Waals surface area contributed by atoms with E-state index in [2.05, 4.69) is 25.5 Å². The van der Waals surface area contributed by atoms with Crippen LogP contribution in [0.3, 0.4) is 0 Å². The van der Waals surface area contributed by atoms with Gasteiger partial charge in [-0.1, -0.05) is 5.16 Å². The summed E-state index contributed by atoms with van der Waals surface area (Å²) >= 11 is 0. The lowest BCUT2D eigenvalue weighted by Crippen LogP contribution is -2.18. The molecule has 1 N–H and O–H groups in total. The van der Waals surface area contributed by atoms with Gasteiger partial charge in [0, 0.05) is 0 Å². The van der Waals surface area contributed by atoms with Gasteiger partial charge in [-0.3, -0.25) is 0 Å². The molecule has 0 saturated carbocycles. The zero-order valence-electron chi connectivity index (χ0n) is 6.60. The van der Waals surface area contributed by atoms with Gasteiger partial charge in [0.25, 0.3) is 0 Å². The molecule has 12 heavy (non-hydrogen) atoms. The standard InChI is InChI=1S/C5H9N5O2/c1-2-12-6-3-4-10-5(11)7-8-9-10/h3H,2,4H2,1H3,(H,7,9,11). The van der Waals surface area contributed by atoms with E-state index in [4.69, 9.17) is 0 Å². The van der Waals surface area contributed by atoms with Crippen LogP contribution in [0.25, 0.3) is 0 Å². The maximum Gasteiger partial charge on any atom is 0.361 e. The maximum absolute atomic E-state index is 10.8. The molecule has 0 radical (unpaired) electrons. The van der Waals surface area contributed by atoms with Crippen LogP contribution >= 0.6 is 0 Å². The molecule has 7 heteroatoms. The van der Waals surface area contributed by atoms with Crippen LogP contribution in [0.2, 0.25) is 0 Å². The predicted octanol–water partition coefficient (Wildman–Crippen LogP) is -1.01. The number of H-pyrrole nitrogens is 1. The van der Waals surface area contributed by atoms with Crippen LogP contribution in [0.5, 0.6) is 0 Å². The zero-order valence-corrected chi connectivity index (χ0v) is 6.60. The number of rotatable bonds is 4. The average Bonchev–Trinajstić information content (AvgIpc) is 2.46. The van der Waals surface area contributed by atoms with Gasteiger partial charge in [-0.15, -0.1) is 0 Å². The van der Waals surface area contributed by atoms with Gasteiger partial charge in [0.1, 0.15) is 6.61 Å². The Morgan fingerprint density at radius 3 is 3.25 bits per heavy atom. The van der Waals surface area contributed by atoms with Crippen molar-refractivity contribution in [2.75, 3.05) is 6.61 Å². The highest BCUT2D eigenvalue weighted by atomic mass is 16.6. The molecule has 0 aliphatic heterocycles. The highest BCUT2D eigenvalue weighted by Gasteiger charge is 1.93. The first-order valence-corrected chi connectivity index (χ1v) is 3.46. The van der Waals surface area contributed by atoms with Gasteiger partial charge in [-0.25, -0.2) is 9.89 Å². The lowest BCUT2D eigenvalue weighted by atomic mass is 10.7. The molecule has 0 aliphatic carbocycles. The largest absolute Gasteiger partial charge is 0.396 e. The molecule has 1 aromatic rings. The summed E-state index contributed by atoms with van der Waals surface area (Å²) in [5.41, 5.74) is -0.363. The van der Waals surface area contributed by atoms with Crippen molar-refractivity contribution in [3.63, 3.8) is 0 Å². The molecule has 1 rings (SSSR count). The number of hydrogen-bond acceptors (Lipinski definition) is 5. The molecule has 1 heterocycles. The number of aromatic amines is 1. The molecule has 0 aromatic carbocycles. The lowest BCUT2D eigenvalue weighted by Gasteiger charge is -1.90. The minimum atomic E-state index is -0.363. The Hall–Kier alpha value is -1.66. The molecule has 0 aliphatic rings. The summed E-state index contributed by atoms with van der Waals surface area (Å²) in [5.74, 6) is 0. The monoisotopic (exact) mass is 171 g/mol. The molecule has 0 unspecified atom stereocenters. The molecule has 0 atom stereocenters. The van der Waals surface area contributed by atoms with E-state index in [-0.39, 0.29) is 12.2 Å². The highest BCUT2D eigenvalue weighted by Crippen LogP contribution is 1.72. The van der Waals surface area contributed by atoms with Crippen LogP contribution in [0, 0.1) is 0 Å². The fourth-order valence-corrected chi connectivity index (χ4v) is 0.575. The predicted molar refractivity (Wildman–Crippen MR) is 40.8 cm³/mol. The summed E-state index contributed by atoms with van der Waals surface area (Å²) in [4.78, 5) is 15.4. The van der Waals surface area contributed by atoms with Crippen molar-refractivity contribution in [1.29, 1.82) is 0 Å². The average molecular weight is 171 g/mol. The molecule has 7 nitrogen and oxygen atoms in total. The maximum atomic E-state index is 10.8. The van der Waals surface area contributed by atoms with Gasteiger partial charge in [-0.05, 0) is 17.4 Å². The lowest BCUT2D eigenvalue weighted by molar-refractivity contribution is 0.159. The minimum absolute atomic E-state index is 0.259. The summed E-state index contributed by atoms with van der Waals surface area (Å²) < 4.78 is 1.13. The fourth-order valence-electron chi connectivity index (χ4n) is 0.575. The molecule has 0 spiro atoms. The van der Waals surface area contributed by atoms with Crippen molar-refractivity contribution < 1.29 is 4.84 Å². The van der Waals surface area contributed by atoms with Crippen LogP contribution < -0.4 is 5.69 Å². The molecule has 0 bridgehead atoms. The summed E-state index contributed by atoms with van der Waals surface area (Å²) in [6, 6.07) is 0. The molecular formula is C5H9N5O2. The van der Waals surface area contributed by atoms with E-state index < -0.39 is 0 Å². The highest BCUT2D eigenvalue weighted by molar-refractivity contribution is 5.55. The number of aromatic nitrogens is 4. The number of tetrazole rings is 1. The minimum Gasteiger partial charge on any atom is -0.396 e. The third-order valence-electron chi connectivity index (χ3n) is 1.07. The fraction of sp³-hybridized carbons (Fsp3) is 0.600. The first-order chi connectivity index (χ1) is 5.84. The Morgan fingerprint density at radius 2 is 2.67 bits per heavy atom. The van der Waals surface area contributed by atoms with Crippen molar-refractivity contribution in [2.45, 2.75) is 13.5 Å². The normalized spacial score (nSPS) is 10.8. The van der Waals surface area contributed by atoms with Gasteiger partial charge in [0.05, 0.1) is 12.8 Å². The van der Waals surface area contributed by atoms with Crippen molar-refractivity contribution in [3.05, 3.63) is 10.5 Å². The third-order valence-corrected chi connectivity index (χ3v) is 1.07. The zero-order chi connectivity index (χ0) is 8.81. The Morgan fingerprint density at radius 1 is 1.83 bits per heavy atom. The van der Waals surface area contributed by atoms with Gasteiger partial charge < -0.3 is 4.84 Å². The van der Waals surface area contributed by atoms with Crippen LogP contribution in [0.1, 0.15) is 6.92 Å². The summed E-state index contributed by atoms with van der Waals surface area (Å²) in [7, 11) is 0. The van der Waals surface area contributed by atoms with Crippen molar-refractivity contribution in [2.24, 2.45) is 5.16 Å². The Bertz CT molecular complexity index is 301. The molecule has 0 saturated heterocycles. The van der Waals surface area contributed by atoms with Gasteiger partial charge in [0.2, 0.25) is 0 Å². The third kappa shape index (κ3) is 2.19. The van der Waals surface area contributed by atoms with Crippen LogP contribution in [0.15, 0.2) is 9.95 Å². The van der Waals surface area contributed by atoms with Gasteiger partial charge >= 0.3 is 5.69 Å². The van der Waals surface area contributed by atoms with E-state index >= 15 is 0 Å². The van der Waals surface area contributed by atoms with Crippen molar-refractivity contribution >= 4 is 6.21 Å². The number of nitrogens with zero attached hydrogens (tertiary/aromatic N) is 4. The Kier molecular flexibility index (Phi) is 3.00. The number of oxime groups is 1. The number of hydrogen-bond donors (Lipinski definition) is 1. The van der Waals surface area contributed by atoms with E-state index in [1.807, 2.05) is 6.92 Å². The SMILES string of the molecule is CCON=CCn1nn[nH]c1=O. The Labute approximate surface area is 68.0 Å². The van der Waals surface area contributed by atoms with E-state index in [1.165, 1.54) is 6.21 Å². The summed E-state index contributed by atoms with van der Waals surface area (Å²) in [6.07, 6.45) is 1.44. The second-order valence-electron chi connectivity index (χ2n) is 1.89. The first-order valence-electron chi connectivity index (χ1n) is 3.46. The summed E-state index contributed by atoms with van der Waals surface area (Å²) in [6.45, 7) is 2.58. The smallest absolute Gasteiger partial charge is 0.361 e. The molecule has 1 aromatic heterocycles. The van der Waals surface area contributed by atoms with E-state index in [9.17, 15) is 4.79 Å². The first kappa shape index (κ1) is 8.44. The van der Waals surface area contributed by atoms with Crippen LogP contribution in [-0.2, 0) is 11.4 Å². The topological polar surface area (TPSA) is 85.2 Å². The van der Waals surface area contributed by atoms with Crippen LogP contribution in [0.4, 0.5) is 0 Å².